The van der Waals surface area contributed by atoms with Gasteiger partial charge in [0.1, 0.15) is 5.75 Å². The van der Waals surface area contributed by atoms with E-state index in [1.54, 1.807) is 29.1 Å². The van der Waals surface area contributed by atoms with Gasteiger partial charge in [-0.05, 0) is 12.1 Å². The highest BCUT2D eigenvalue weighted by atomic mass is 35.5. The Morgan fingerprint density at radius 2 is 1.95 bits per heavy atom. The zero-order chi connectivity index (χ0) is 13.0. The molecule has 4 N–H and O–H groups in total. The van der Waals surface area contributed by atoms with Gasteiger partial charge in [-0.15, -0.1) is 0 Å². The first-order valence-electron chi connectivity index (χ1n) is 5.47. The highest BCUT2D eigenvalue weighted by Crippen LogP contribution is 2.24. The number of nitrogen functional groups attached to an aromatic ring is 1. The lowest BCUT2D eigenvalue weighted by molar-refractivity contribution is -0.684. The van der Waals surface area contributed by atoms with Crippen LogP contribution in [-0.4, -0.2) is 11.0 Å². The zero-order valence-electron chi connectivity index (χ0n) is 10.1. The maximum atomic E-state index is 11.7. The summed E-state index contributed by atoms with van der Waals surface area (Å²) in [7, 11) is 0. The quantitative estimate of drug-likeness (QED) is 0.342. The van der Waals surface area contributed by atoms with Crippen molar-refractivity contribution in [3.63, 3.8) is 0 Å². The normalized spacial score (nSPS) is 9.47. The van der Waals surface area contributed by atoms with Crippen LogP contribution in [0.4, 0.5) is 11.4 Å². The number of phenols is 1. The topological polar surface area (TPSA) is 79.2 Å². The summed E-state index contributed by atoms with van der Waals surface area (Å²) in [5, 5.41) is 12.2. The molecule has 0 radical (unpaired) electrons. The molecule has 1 aromatic heterocycles. The van der Waals surface area contributed by atoms with Crippen LogP contribution in [0.15, 0.2) is 48.8 Å². The average molecular weight is 280 g/mol. The van der Waals surface area contributed by atoms with Gasteiger partial charge >= 0.3 is 0 Å². The van der Waals surface area contributed by atoms with Gasteiger partial charge in [-0.2, -0.15) is 4.57 Å². The van der Waals surface area contributed by atoms with E-state index in [1.807, 2.05) is 18.2 Å². The molecule has 0 unspecified atom stereocenters. The van der Waals surface area contributed by atoms with E-state index in [0.717, 1.165) is 0 Å². The molecule has 0 aliphatic carbocycles. The lowest BCUT2D eigenvalue weighted by atomic mass is 10.2. The van der Waals surface area contributed by atoms with Crippen molar-refractivity contribution in [2.75, 3.05) is 11.1 Å². The second-order valence-electron chi connectivity index (χ2n) is 3.87. The van der Waals surface area contributed by atoms with Gasteiger partial charge in [0.15, 0.2) is 12.4 Å². The van der Waals surface area contributed by atoms with Crippen LogP contribution in [0.1, 0.15) is 0 Å². The van der Waals surface area contributed by atoms with Crippen molar-refractivity contribution in [1.82, 2.24) is 0 Å². The second kappa shape index (κ2) is 6.61. The Morgan fingerprint density at radius 3 is 2.58 bits per heavy atom. The molecule has 0 spiro atoms. The Balaban J connectivity index is 0.00000180. The number of benzene rings is 1. The number of anilines is 2. The fourth-order valence-electron chi connectivity index (χ4n) is 1.55. The second-order valence-corrected chi connectivity index (χ2v) is 3.87. The van der Waals surface area contributed by atoms with E-state index in [9.17, 15) is 9.90 Å². The van der Waals surface area contributed by atoms with Crippen LogP contribution in [0.5, 0.6) is 5.75 Å². The fraction of sp³-hybridized carbons (Fsp3) is 0.0769. The van der Waals surface area contributed by atoms with E-state index in [2.05, 4.69) is 5.32 Å². The van der Waals surface area contributed by atoms with Crippen LogP contribution < -0.4 is 28.0 Å². The van der Waals surface area contributed by atoms with E-state index in [4.69, 9.17) is 5.73 Å². The van der Waals surface area contributed by atoms with Crippen molar-refractivity contribution >= 4 is 17.3 Å². The lowest BCUT2D eigenvalue weighted by Crippen LogP contribution is -3.00. The van der Waals surface area contributed by atoms with Crippen molar-refractivity contribution in [3.8, 4) is 5.75 Å². The molecule has 0 saturated heterocycles. The Hall–Kier alpha value is -2.27. The summed E-state index contributed by atoms with van der Waals surface area (Å²) in [5.74, 6) is -0.257. The molecular weight excluding hydrogens is 266 g/mol. The van der Waals surface area contributed by atoms with Gasteiger partial charge in [0.25, 0.3) is 5.91 Å². The number of nitrogens with one attached hydrogen (secondary N) is 1. The van der Waals surface area contributed by atoms with Crippen molar-refractivity contribution in [3.05, 3.63) is 48.8 Å². The zero-order valence-corrected chi connectivity index (χ0v) is 10.8. The first-order valence-corrected chi connectivity index (χ1v) is 5.47. The molecule has 19 heavy (non-hydrogen) atoms. The molecule has 100 valence electrons. The van der Waals surface area contributed by atoms with Gasteiger partial charge in [0.2, 0.25) is 6.54 Å². The summed E-state index contributed by atoms with van der Waals surface area (Å²) in [6, 6.07) is 10.1. The van der Waals surface area contributed by atoms with Crippen LogP contribution in [-0.2, 0) is 11.3 Å². The first-order chi connectivity index (χ1) is 8.65. The van der Waals surface area contributed by atoms with Crippen LogP contribution in [0.2, 0.25) is 0 Å². The number of amides is 1. The number of phenolic OH excluding ortho intramolecular Hbond substituents is 1. The van der Waals surface area contributed by atoms with Gasteiger partial charge in [-0.25, -0.2) is 0 Å². The molecule has 2 rings (SSSR count). The van der Waals surface area contributed by atoms with Crippen molar-refractivity contribution < 1.29 is 26.9 Å². The average Bonchev–Trinajstić information content (AvgIpc) is 2.34. The molecule has 1 aromatic carbocycles. The SMILES string of the molecule is Nc1ccc(NC(=O)C[n+]2ccccc2)c(O)c1.[Cl-]. The van der Waals surface area contributed by atoms with Crippen LogP contribution in [0, 0.1) is 0 Å². The number of nitrogens with two attached hydrogens (primary N) is 1. The monoisotopic (exact) mass is 279 g/mol. The predicted octanol–water partition coefficient (Wildman–Crippen LogP) is -2.10. The summed E-state index contributed by atoms with van der Waals surface area (Å²) in [6.07, 6.45) is 3.59. The third kappa shape index (κ3) is 4.15. The van der Waals surface area contributed by atoms with Gasteiger partial charge in [-0.3, -0.25) is 4.79 Å². The minimum absolute atomic E-state index is 0. The number of carbonyl (C=O) groups is 1. The molecule has 0 aliphatic rings. The Kier molecular flexibility index (Phi) is 5.14. The number of aromatic nitrogens is 1. The minimum Gasteiger partial charge on any atom is -1.00 e. The molecule has 2 aromatic rings. The summed E-state index contributed by atoms with van der Waals surface area (Å²) in [4.78, 5) is 11.7. The van der Waals surface area contributed by atoms with Gasteiger partial charge < -0.3 is 28.6 Å². The smallest absolute Gasteiger partial charge is 0.290 e. The fourth-order valence-corrected chi connectivity index (χ4v) is 1.55. The van der Waals surface area contributed by atoms with Crippen molar-refractivity contribution in [1.29, 1.82) is 0 Å². The number of hydrogen-bond donors (Lipinski definition) is 3. The summed E-state index contributed by atoms with van der Waals surface area (Å²) in [6.45, 7) is 0.185. The van der Waals surface area contributed by atoms with E-state index in [0.29, 0.717) is 11.4 Å². The van der Waals surface area contributed by atoms with E-state index in [1.165, 1.54) is 6.07 Å². The van der Waals surface area contributed by atoms with Gasteiger partial charge in [-0.1, -0.05) is 6.07 Å². The van der Waals surface area contributed by atoms with E-state index in [-0.39, 0.29) is 30.6 Å². The molecule has 0 saturated carbocycles. The first kappa shape index (κ1) is 14.8. The highest BCUT2D eigenvalue weighted by molar-refractivity contribution is 5.91. The minimum atomic E-state index is -0.216. The molecule has 1 amide bonds. The summed E-state index contributed by atoms with van der Waals surface area (Å²) >= 11 is 0. The molecule has 5 nitrogen and oxygen atoms in total. The van der Waals surface area contributed by atoms with Crippen molar-refractivity contribution in [2.24, 2.45) is 0 Å². The maximum absolute atomic E-state index is 11.7. The molecule has 0 bridgehead atoms. The maximum Gasteiger partial charge on any atom is 0.290 e. The third-order valence-electron chi connectivity index (χ3n) is 2.40. The number of halogens is 1. The van der Waals surface area contributed by atoms with Crippen molar-refractivity contribution in [2.45, 2.75) is 6.54 Å². The van der Waals surface area contributed by atoms with E-state index < -0.39 is 0 Å². The molecule has 0 fully saturated rings. The van der Waals surface area contributed by atoms with Crippen LogP contribution in [0.25, 0.3) is 0 Å². The van der Waals surface area contributed by atoms with Crippen LogP contribution in [0.3, 0.4) is 0 Å². The summed E-state index contributed by atoms with van der Waals surface area (Å²) < 4.78 is 1.74. The number of nitrogens with zero attached hydrogens (tertiary/aromatic N) is 1. The Morgan fingerprint density at radius 1 is 1.26 bits per heavy atom. The lowest BCUT2D eigenvalue weighted by Gasteiger charge is -2.06. The molecular formula is C13H14ClN3O2. The van der Waals surface area contributed by atoms with E-state index >= 15 is 0 Å². The highest BCUT2D eigenvalue weighted by Gasteiger charge is 2.10. The van der Waals surface area contributed by atoms with Gasteiger partial charge in [0, 0.05) is 23.9 Å². The molecule has 1 heterocycles. The predicted molar refractivity (Wildman–Crippen MR) is 67.8 cm³/mol. The number of pyridine rings is 1. The van der Waals surface area contributed by atoms with Gasteiger partial charge in [0.05, 0.1) is 5.69 Å². The Labute approximate surface area is 117 Å². The number of hydrogen-bond acceptors (Lipinski definition) is 3. The number of carbonyl (C=O) groups excluding carboxylic acids is 1. The molecule has 0 aliphatic heterocycles. The Bertz CT molecular complexity index is 561. The molecule has 6 heteroatoms. The number of rotatable bonds is 3. The molecule has 0 atom stereocenters. The third-order valence-corrected chi connectivity index (χ3v) is 2.40. The standard InChI is InChI=1S/C13H13N3O2.ClH/c14-10-4-5-11(12(17)8-10)15-13(18)9-16-6-2-1-3-7-16;/h1-8H,9,14H2,(H-,15,17,18);1H. The largest absolute Gasteiger partial charge is 1.00 e. The summed E-state index contributed by atoms with van der Waals surface area (Å²) in [5.41, 5.74) is 6.30. The van der Waals surface area contributed by atoms with Crippen LogP contribution >= 0.6 is 0 Å². The number of aromatic hydroxyl groups is 1.